The smallest absolute Gasteiger partial charge is 0.374 e. The monoisotopic (exact) mass is 300 g/mol. The minimum absolute atomic E-state index is 0.0254. The summed E-state index contributed by atoms with van der Waals surface area (Å²) < 4.78 is 4.99. The number of ether oxygens (including phenoxy) is 1. The maximum Gasteiger partial charge on any atom is 0.374 e. The Morgan fingerprint density at radius 1 is 1.47 bits per heavy atom. The highest BCUT2D eigenvalue weighted by molar-refractivity contribution is 9.10. The van der Waals surface area contributed by atoms with Gasteiger partial charge in [-0.1, -0.05) is 12.8 Å². The molecule has 17 heavy (non-hydrogen) atoms. The Bertz CT molecular complexity index is 492. The Morgan fingerprint density at radius 2 is 2.12 bits per heavy atom. The van der Waals surface area contributed by atoms with Gasteiger partial charge in [-0.2, -0.15) is 0 Å². The van der Waals surface area contributed by atoms with Gasteiger partial charge in [-0.05, 0) is 28.8 Å². The molecule has 0 bridgehead atoms. The van der Waals surface area contributed by atoms with Gasteiger partial charge in [0.15, 0.2) is 0 Å². The molecule has 5 nitrogen and oxygen atoms in total. The van der Waals surface area contributed by atoms with E-state index in [0.717, 1.165) is 25.7 Å². The van der Waals surface area contributed by atoms with Gasteiger partial charge in [0.2, 0.25) is 5.82 Å². The highest BCUT2D eigenvalue weighted by Gasteiger charge is 2.24. The predicted octanol–water partition coefficient (Wildman–Crippen LogP) is 1.98. The van der Waals surface area contributed by atoms with E-state index in [-0.39, 0.29) is 17.3 Å². The first-order chi connectivity index (χ1) is 8.13. The molecule has 0 radical (unpaired) electrons. The topological polar surface area (TPSA) is 72.0 Å². The number of methoxy groups -OCH3 is 1. The van der Waals surface area contributed by atoms with Gasteiger partial charge in [-0.15, -0.1) is 0 Å². The molecule has 1 saturated carbocycles. The number of aromatic amines is 1. The van der Waals surface area contributed by atoms with Gasteiger partial charge >= 0.3 is 5.97 Å². The number of H-pyrrole nitrogens is 1. The summed E-state index contributed by atoms with van der Waals surface area (Å²) in [5.41, 5.74) is 0.342. The molecule has 1 fully saturated rings. The molecular weight excluding hydrogens is 288 g/mol. The summed E-state index contributed by atoms with van der Waals surface area (Å²) in [6, 6.07) is 0. The lowest BCUT2D eigenvalue weighted by Crippen LogP contribution is -2.20. The van der Waals surface area contributed by atoms with Crippen molar-refractivity contribution >= 4 is 21.9 Å². The van der Waals surface area contributed by atoms with Crippen molar-refractivity contribution in [2.45, 2.75) is 31.6 Å². The van der Waals surface area contributed by atoms with Crippen molar-refractivity contribution in [3.63, 3.8) is 0 Å². The predicted molar refractivity (Wildman–Crippen MR) is 65.1 cm³/mol. The molecule has 1 aliphatic rings. The van der Waals surface area contributed by atoms with Gasteiger partial charge in [0, 0.05) is 5.92 Å². The molecule has 0 aromatic carbocycles. The number of hydrogen-bond donors (Lipinski definition) is 1. The Balaban J connectivity index is 2.46. The van der Waals surface area contributed by atoms with Crippen molar-refractivity contribution in [2.24, 2.45) is 0 Å². The van der Waals surface area contributed by atoms with E-state index >= 15 is 0 Å². The van der Waals surface area contributed by atoms with Crippen molar-refractivity contribution in [3.8, 4) is 0 Å². The fourth-order valence-electron chi connectivity index (χ4n) is 2.14. The minimum atomic E-state index is -0.617. The van der Waals surface area contributed by atoms with Crippen LogP contribution in [-0.4, -0.2) is 23.0 Å². The van der Waals surface area contributed by atoms with Crippen LogP contribution in [0.5, 0.6) is 0 Å². The van der Waals surface area contributed by atoms with Crippen LogP contribution in [0.3, 0.4) is 0 Å². The van der Waals surface area contributed by atoms with Crippen LogP contribution in [0, 0.1) is 0 Å². The van der Waals surface area contributed by atoms with Gasteiger partial charge in [-0.25, -0.2) is 9.78 Å². The van der Waals surface area contributed by atoms with Crippen molar-refractivity contribution in [2.75, 3.05) is 7.11 Å². The first-order valence-electron chi connectivity index (χ1n) is 5.51. The summed E-state index contributed by atoms with van der Waals surface area (Å²) in [4.78, 5) is 29.7. The molecule has 0 amide bonds. The van der Waals surface area contributed by atoms with Crippen LogP contribution < -0.4 is 5.56 Å². The standard InChI is InChI=1S/C11H13BrN2O3/c1-17-11(16)9-13-8(6-4-2-3-5-6)7(12)10(15)14-9/h6H,2-5H2,1H3,(H,13,14,15). The molecule has 0 unspecified atom stereocenters. The van der Waals surface area contributed by atoms with Gasteiger partial charge in [0.25, 0.3) is 5.56 Å². The molecular formula is C11H13BrN2O3. The molecule has 0 aliphatic heterocycles. The van der Waals surface area contributed by atoms with Crippen LogP contribution in [0.4, 0.5) is 0 Å². The Kier molecular flexibility index (Phi) is 3.61. The van der Waals surface area contributed by atoms with Crippen LogP contribution in [0.2, 0.25) is 0 Å². The van der Waals surface area contributed by atoms with Gasteiger partial charge in [-0.3, -0.25) is 9.78 Å². The highest BCUT2D eigenvalue weighted by atomic mass is 79.9. The maximum absolute atomic E-state index is 11.7. The summed E-state index contributed by atoms with van der Waals surface area (Å²) in [5, 5.41) is 0. The largest absolute Gasteiger partial charge is 0.463 e. The van der Waals surface area contributed by atoms with E-state index in [9.17, 15) is 9.59 Å². The van der Waals surface area contributed by atoms with E-state index in [0.29, 0.717) is 10.2 Å². The van der Waals surface area contributed by atoms with E-state index in [1.165, 1.54) is 7.11 Å². The van der Waals surface area contributed by atoms with Crippen LogP contribution in [-0.2, 0) is 4.74 Å². The number of rotatable bonds is 2. The number of nitrogens with zero attached hydrogens (tertiary/aromatic N) is 1. The van der Waals surface area contributed by atoms with Crippen molar-refractivity contribution in [1.29, 1.82) is 0 Å². The zero-order valence-electron chi connectivity index (χ0n) is 9.46. The number of carbonyl (C=O) groups is 1. The normalized spacial score (nSPS) is 16.1. The number of hydrogen-bond acceptors (Lipinski definition) is 4. The molecule has 92 valence electrons. The first-order valence-corrected chi connectivity index (χ1v) is 6.30. The van der Waals surface area contributed by atoms with Crippen LogP contribution in [0.15, 0.2) is 9.27 Å². The molecule has 0 saturated heterocycles. The van der Waals surface area contributed by atoms with E-state index in [4.69, 9.17) is 0 Å². The second kappa shape index (κ2) is 5.00. The van der Waals surface area contributed by atoms with Crippen molar-refractivity contribution in [3.05, 3.63) is 26.3 Å². The lowest BCUT2D eigenvalue weighted by Gasteiger charge is -2.11. The summed E-state index contributed by atoms with van der Waals surface area (Å²) in [6.07, 6.45) is 4.30. The third-order valence-electron chi connectivity index (χ3n) is 3.01. The quantitative estimate of drug-likeness (QED) is 0.848. The molecule has 1 aromatic rings. The zero-order valence-corrected chi connectivity index (χ0v) is 11.0. The highest BCUT2D eigenvalue weighted by Crippen LogP contribution is 2.35. The third kappa shape index (κ3) is 2.41. The fraction of sp³-hybridized carbons (Fsp3) is 0.545. The number of carbonyl (C=O) groups excluding carboxylic acids is 1. The van der Waals surface area contributed by atoms with Gasteiger partial charge in [0.05, 0.1) is 12.8 Å². The summed E-state index contributed by atoms with van der Waals surface area (Å²) in [5.74, 6) is -0.383. The molecule has 2 rings (SSSR count). The van der Waals surface area contributed by atoms with Gasteiger partial charge < -0.3 is 4.74 Å². The summed E-state index contributed by atoms with van der Waals surface area (Å²) in [6.45, 7) is 0. The fourth-order valence-corrected chi connectivity index (χ4v) is 2.65. The summed E-state index contributed by atoms with van der Waals surface area (Å²) >= 11 is 3.24. The summed E-state index contributed by atoms with van der Waals surface area (Å²) in [7, 11) is 1.26. The number of halogens is 1. The molecule has 0 atom stereocenters. The Labute approximate surface area is 107 Å². The second-order valence-electron chi connectivity index (χ2n) is 4.09. The van der Waals surface area contributed by atoms with E-state index in [1.807, 2.05) is 0 Å². The van der Waals surface area contributed by atoms with Crippen LogP contribution in [0.1, 0.15) is 47.9 Å². The number of nitrogens with one attached hydrogen (secondary N) is 1. The molecule has 6 heteroatoms. The number of esters is 1. The molecule has 1 aromatic heterocycles. The van der Waals surface area contributed by atoms with E-state index in [1.54, 1.807) is 0 Å². The molecule has 0 spiro atoms. The van der Waals surface area contributed by atoms with Crippen LogP contribution in [0.25, 0.3) is 0 Å². The lowest BCUT2D eigenvalue weighted by molar-refractivity contribution is 0.0585. The van der Waals surface area contributed by atoms with Crippen molar-refractivity contribution in [1.82, 2.24) is 9.97 Å². The van der Waals surface area contributed by atoms with Crippen molar-refractivity contribution < 1.29 is 9.53 Å². The lowest BCUT2D eigenvalue weighted by atomic mass is 10.0. The third-order valence-corrected chi connectivity index (χ3v) is 3.78. The zero-order chi connectivity index (χ0) is 12.4. The molecule has 1 aliphatic carbocycles. The van der Waals surface area contributed by atoms with Crippen LogP contribution >= 0.6 is 15.9 Å². The SMILES string of the molecule is COC(=O)c1nc(C2CCCC2)c(Br)c(=O)[nH]1. The van der Waals surface area contributed by atoms with E-state index < -0.39 is 5.97 Å². The minimum Gasteiger partial charge on any atom is -0.463 e. The number of aromatic nitrogens is 2. The average molecular weight is 301 g/mol. The maximum atomic E-state index is 11.7. The van der Waals surface area contributed by atoms with E-state index in [2.05, 4.69) is 30.6 Å². The second-order valence-corrected chi connectivity index (χ2v) is 4.88. The Hall–Kier alpha value is -1.17. The van der Waals surface area contributed by atoms with Gasteiger partial charge in [0.1, 0.15) is 4.47 Å². The molecule has 1 N–H and O–H groups in total. The molecule has 1 heterocycles. The Morgan fingerprint density at radius 3 is 2.71 bits per heavy atom. The first kappa shape index (κ1) is 12.3. The average Bonchev–Trinajstić information content (AvgIpc) is 2.85.